The molecule has 25 heavy (non-hydrogen) atoms. The zero-order valence-corrected chi connectivity index (χ0v) is 16.3. The third-order valence-corrected chi connectivity index (χ3v) is 5.68. The van der Waals surface area contributed by atoms with Gasteiger partial charge in [0.1, 0.15) is 5.76 Å². The number of carbonyl (C=O) groups is 2. The number of aromatic nitrogens is 1. The smallest absolute Gasteiger partial charge is 0.238 e. The van der Waals surface area contributed by atoms with Gasteiger partial charge in [0, 0.05) is 25.2 Å². The highest BCUT2D eigenvalue weighted by molar-refractivity contribution is 8.01. The first-order valence-electron chi connectivity index (χ1n) is 8.82. The molecule has 140 valence electrons. The van der Waals surface area contributed by atoms with Gasteiger partial charge in [-0.2, -0.15) is 0 Å². The fraction of sp³-hybridized carbons (Fsp3) is 0.706. The summed E-state index contributed by atoms with van der Waals surface area (Å²) >= 11 is 1.35. The number of anilines is 1. The summed E-state index contributed by atoms with van der Waals surface area (Å²) < 4.78 is 4.92. The lowest BCUT2D eigenvalue weighted by Crippen LogP contribution is -2.39. The largest absolute Gasteiger partial charge is 0.360 e. The molecule has 1 aromatic heterocycles. The summed E-state index contributed by atoms with van der Waals surface area (Å²) in [5.41, 5.74) is 0. The number of amides is 2. The number of carbonyl (C=O) groups excluding carboxylic acids is 2. The summed E-state index contributed by atoms with van der Waals surface area (Å²) in [6, 6.07) is 2.12. The van der Waals surface area contributed by atoms with E-state index < -0.39 is 0 Å². The predicted molar refractivity (Wildman–Crippen MR) is 99.7 cm³/mol. The van der Waals surface area contributed by atoms with Gasteiger partial charge in [0.15, 0.2) is 5.82 Å². The maximum atomic E-state index is 12.4. The van der Waals surface area contributed by atoms with Gasteiger partial charge in [-0.15, -0.1) is 11.8 Å². The number of aryl methyl sites for hydroxylation is 1. The monoisotopic (exact) mass is 368 g/mol. The van der Waals surface area contributed by atoms with Crippen LogP contribution in [0.5, 0.6) is 0 Å². The van der Waals surface area contributed by atoms with Gasteiger partial charge in [-0.05, 0) is 33.4 Å². The third kappa shape index (κ3) is 5.47. The first-order chi connectivity index (χ1) is 11.9. The van der Waals surface area contributed by atoms with Gasteiger partial charge in [-0.1, -0.05) is 19.0 Å². The number of hydrogen-bond acceptors (Lipinski definition) is 6. The van der Waals surface area contributed by atoms with E-state index in [0.29, 0.717) is 23.4 Å². The average molecular weight is 369 g/mol. The molecule has 1 aliphatic heterocycles. The number of rotatable bonds is 8. The van der Waals surface area contributed by atoms with Crippen molar-refractivity contribution in [2.24, 2.45) is 0 Å². The Bertz CT molecular complexity index is 588. The van der Waals surface area contributed by atoms with E-state index >= 15 is 0 Å². The molecule has 2 heterocycles. The molecule has 1 aliphatic rings. The van der Waals surface area contributed by atoms with E-state index in [9.17, 15) is 9.59 Å². The molecule has 2 amide bonds. The van der Waals surface area contributed by atoms with Crippen LogP contribution in [0.4, 0.5) is 5.82 Å². The quantitative estimate of drug-likeness (QED) is 0.756. The van der Waals surface area contributed by atoms with Gasteiger partial charge < -0.3 is 14.7 Å². The van der Waals surface area contributed by atoms with Crippen molar-refractivity contribution in [3.63, 3.8) is 0 Å². The highest BCUT2D eigenvalue weighted by Crippen LogP contribution is 2.19. The summed E-state index contributed by atoms with van der Waals surface area (Å²) in [6.45, 7) is 11.5. The molecule has 8 heteroatoms. The molecule has 1 saturated heterocycles. The minimum Gasteiger partial charge on any atom is -0.360 e. The SMILES string of the molecule is CCN(CC)C1CCN(C(=O)CSC(C)C(=O)Nc2cc(C)on2)C1. The lowest BCUT2D eigenvalue weighted by atomic mass is 10.2. The molecule has 0 spiro atoms. The lowest BCUT2D eigenvalue weighted by molar-refractivity contribution is -0.127. The zero-order valence-electron chi connectivity index (χ0n) is 15.4. The zero-order chi connectivity index (χ0) is 18.4. The molecular formula is C17H28N4O3S. The highest BCUT2D eigenvalue weighted by atomic mass is 32.2. The molecular weight excluding hydrogens is 340 g/mol. The average Bonchev–Trinajstić information content (AvgIpc) is 3.23. The van der Waals surface area contributed by atoms with Crippen molar-refractivity contribution in [2.75, 3.05) is 37.2 Å². The van der Waals surface area contributed by atoms with E-state index in [1.54, 1.807) is 19.9 Å². The fourth-order valence-corrected chi connectivity index (χ4v) is 3.81. The third-order valence-electron chi connectivity index (χ3n) is 4.55. The predicted octanol–water partition coefficient (Wildman–Crippen LogP) is 1.99. The van der Waals surface area contributed by atoms with Gasteiger partial charge >= 0.3 is 0 Å². The van der Waals surface area contributed by atoms with Crippen molar-refractivity contribution in [1.82, 2.24) is 15.0 Å². The second-order valence-electron chi connectivity index (χ2n) is 6.27. The number of hydrogen-bond donors (Lipinski definition) is 1. The van der Waals surface area contributed by atoms with Crippen LogP contribution < -0.4 is 5.32 Å². The molecule has 1 N–H and O–H groups in total. The van der Waals surface area contributed by atoms with E-state index in [-0.39, 0.29) is 17.1 Å². The first-order valence-corrected chi connectivity index (χ1v) is 9.87. The lowest BCUT2D eigenvalue weighted by Gasteiger charge is -2.26. The van der Waals surface area contributed by atoms with Gasteiger partial charge in [0.05, 0.1) is 11.0 Å². The van der Waals surface area contributed by atoms with E-state index in [2.05, 4.69) is 29.2 Å². The summed E-state index contributed by atoms with van der Waals surface area (Å²) in [7, 11) is 0. The van der Waals surface area contributed by atoms with Crippen LogP contribution in [0.2, 0.25) is 0 Å². The van der Waals surface area contributed by atoms with Crippen LogP contribution in [0, 0.1) is 6.92 Å². The Morgan fingerprint density at radius 2 is 2.20 bits per heavy atom. The molecule has 0 bridgehead atoms. The molecule has 0 aliphatic carbocycles. The Balaban J connectivity index is 1.75. The molecule has 2 rings (SSSR count). The number of likely N-dealkylation sites (N-methyl/N-ethyl adjacent to an activating group) is 1. The van der Waals surface area contributed by atoms with Crippen LogP contribution >= 0.6 is 11.8 Å². The van der Waals surface area contributed by atoms with Gasteiger partial charge in [0.25, 0.3) is 0 Å². The first kappa shape index (κ1) is 19.8. The normalized spacial score (nSPS) is 18.6. The van der Waals surface area contributed by atoms with Crippen molar-refractivity contribution in [3.8, 4) is 0 Å². The fourth-order valence-electron chi connectivity index (χ4n) is 3.02. The molecule has 0 radical (unpaired) electrons. The van der Waals surface area contributed by atoms with E-state index in [0.717, 1.165) is 32.6 Å². The van der Waals surface area contributed by atoms with Crippen LogP contribution in [0.25, 0.3) is 0 Å². The molecule has 0 aromatic carbocycles. The van der Waals surface area contributed by atoms with Gasteiger partial charge in [-0.25, -0.2) is 0 Å². The summed E-state index contributed by atoms with van der Waals surface area (Å²) in [5.74, 6) is 1.30. The molecule has 1 aromatic rings. The minimum absolute atomic E-state index is 0.108. The van der Waals surface area contributed by atoms with Crippen molar-refractivity contribution in [3.05, 3.63) is 11.8 Å². The van der Waals surface area contributed by atoms with Crippen LogP contribution in [0.3, 0.4) is 0 Å². The van der Waals surface area contributed by atoms with Crippen LogP contribution in [-0.4, -0.2) is 70.0 Å². The van der Waals surface area contributed by atoms with Crippen molar-refractivity contribution >= 4 is 29.4 Å². The van der Waals surface area contributed by atoms with Crippen LogP contribution in [0.15, 0.2) is 10.6 Å². The topological polar surface area (TPSA) is 78.7 Å². The summed E-state index contributed by atoms with van der Waals surface area (Å²) in [6.07, 6.45) is 1.03. The Labute approximate surface area is 153 Å². The highest BCUT2D eigenvalue weighted by Gasteiger charge is 2.29. The molecule has 2 atom stereocenters. The number of nitrogens with zero attached hydrogens (tertiary/aromatic N) is 3. The summed E-state index contributed by atoms with van der Waals surface area (Å²) in [4.78, 5) is 28.9. The standard InChI is InChI=1S/C17H28N4O3S/c1-5-20(6-2)14-7-8-21(10-14)16(22)11-25-13(4)17(23)18-15-9-12(3)24-19-15/h9,13-14H,5-8,10-11H2,1-4H3,(H,18,19,23). The van der Waals surface area contributed by atoms with Crippen LogP contribution in [-0.2, 0) is 9.59 Å². The second-order valence-corrected chi connectivity index (χ2v) is 7.60. The maximum absolute atomic E-state index is 12.4. The van der Waals surface area contributed by atoms with E-state index in [4.69, 9.17) is 4.52 Å². The molecule has 2 unspecified atom stereocenters. The van der Waals surface area contributed by atoms with E-state index in [1.807, 2.05) is 4.90 Å². The Morgan fingerprint density at radius 1 is 1.48 bits per heavy atom. The summed E-state index contributed by atoms with van der Waals surface area (Å²) in [5, 5.41) is 6.11. The van der Waals surface area contributed by atoms with Crippen molar-refractivity contribution in [2.45, 2.75) is 45.4 Å². The molecule has 7 nitrogen and oxygen atoms in total. The Hall–Kier alpha value is -1.54. The minimum atomic E-state index is -0.331. The molecule has 1 fully saturated rings. The van der Waals surface area contributed by atoms with E-state index in [1.165, 1.54) is 11.8 Å². The Kier molecular flexibility index (Phi) is 7.31. The molecule has 0 saturated carbocycles. The van der Waals surface area contributed by atoms with Gasteiger partial charge in [0.2, 0.25) is 11.8 Å². The number of nitrogens with one attached hydrogen (secondary N) is 1. The second kappa shape index (κ2) is 9.24. The maximum Gasteiger partial charge on any atom is 0.238 e. The number of thioether (sulfide) groups is 1. The van der Waals surface area contributed by atoms with Crippen LogP contribution in [0.1, 0.15) is 33.0 Å². The van der Waals surface area contributed by atoms with Gasteiger partial charge in [-0.3, -0.25) is 14.5 Å². The van der Waals surface area contributed by atoms with Crippen molar-refractivity contribution in [1.29, 1.82) is 0 Å². The number of likely N-dealkylation sites (tertiary alicyclic amines) is 1. The van der Waals surface area contributed by atoms with Crippen molar-refractivity contribution < 1.29 is 14.1 Å². The Morgan fingerprint density at radius 3 is 2.80 bits per heavy atom.